The van der Waals surface area contributed by atoms with E-state index in [9.17, 15) is 14.0 Å². The van der Waals surface area contributed by atoms with E-state index < -0.39 is 11.9 Å². The summed E-state index contributed by atoms with van der Waals surface area (Å²) in [4.78, 5) is 24.8. The molecule has 1 aliphatic heterocycles. The molecule has 0 spiro atoms. The first-order valence-corrected chi connectivity index (χ1v) is 7.42. The molecule has 2 N–H and O–H groups in total. The van der Waals surface area contributed by atoms with Crippen molar-refractivity contribution in [2.75, 3.05) is 13.1 Å². The summed E-state index contributed by atoms with van der Waals surface area (Å²) in [6, 6.07) is 4.19. The zero-order valence-electron chi connectivity index (χ0n) is 12.8. The number of hydrogen-bond donors (Lipinski definition) is 2. The van der Waals surface area contributed by atoms with Crippen molar-refractivity contribution in [2.45, 2.75) is 32.7 Å². The Hall–Kier alpha value is -2.11. The van der Waals surface area contributed by atoms with Gasteiger partial charge in [0.1, 0.15) is 5.82 Å². The molecule has 2 rings (SSSR count). The van der Waals surface area contributed by atoms with Gasteiger partial charge in [0.25, 0.3) is 0 Å². The third-order valence-corrected chi connectivity index (χ3v) is 4.08. The van der Waals surface area contributed by atoms with Gasteiger partial charge in [-0.3, -0.25) is 4.79 Å². The number of piperidine rings is 1. The number of nitrogens with zero attached hydrogens (tertiary/aromatic N) is 1. The highest BCUT2D eigenvalue weighted by Gasteiger charge is 2.28. The minimum atomic E-state index is -0.861. The first kappa shape index (κ1) is 16.3. The molecule has 0 aromatic heterocycles. The Morgan fingerprint density at radius 3 is 2.82 bits per heavy atom. The van der Waals surface area contributed by atoms with E-state index in [1.807, 2.05) is 6.92 Å². The highest BCUT2D eigenvalue weighted by molar-refractivity contribution is 5.77. The number of likely N-dealkylation sites (tertiary alicyclic amines) is 1. The Morgan fingerprint density at radius 2 is 2.18 bits per heavy atom. The number of carboxylic acid groups (broad SMARTS) is 1. The SMILES string of the molecule is Cc1cc([C@@H](C)NC(=O)N2CCCC(C(=O)O)C2)ccc1F. The van der Waals surface area contributed by atoms with Gasteiger partial charge in [0, 0.05) is 13.1 Å². The maximum Gasteiger partial charge on any atom is 0.317 e. The highest BCUT2D eigenvalue weighted by atomic mass is 19.1. The number of carbonyl (C=O) groups is 2. The normalized spacial score (nSPS) is 19.6. The van der Waals surface area contributed by atoms with E-state index in [1.165, 1.54) is 11.0 Å². The summed E-state index contributed by atoms with van der Waals surface area (Å²) in [5, 5.41) is 11.9. The summed E-state index contributed by atoms with van der Waals surface area (Å²) in [6.07, 6.45) is 1.29. The van der Waals surface area contributed by atoms with Gasteiger partial charge >= 0.3 is 12.0 Å². The van der Waals surface area contributed by atoms with E-state index in [-0.39, 0.29) is 24.4 Å². The maximum absolute atomic E-state index is 13.3. The quantitative estimate of drug-likeness (QED) is 0.902. The summed E-state index contributed by atoms with van der Waals surface area (Å²) >= 11 is 0. The number of halogens is 1. The molecule has 0 bridgehead atoms. The number of rotatable bonds is 3. The standard InChI is InChI=1S/C16H21FN2O3/c1-10-8-12(5-6-14(10)17)11(2)18-16(22)19-7-3-4-13(9-19)15(20)21/h5-6,8,11,13H,3-4,7,9H2,1-2H3,(H,18,22)(H,20,21)/t11-,13?/m1/s1. The Morgan fingerprint density at radius 1 is 1.45 bits per heavy atom. The molecule has 22 heavy (non-hydrogen) atoms. The smallest absolute Gasteiger partial charge is 0.317 e. The van der Waals surface area contributed by atoms with E-state index in [0.29, 0.717) is 24.9 Å². The summed E-state index contributed by atoms with van der Waals surface area (Å²) < 4.78 is 13.3. The lowest BCUT2D eigenvalue weighted by molar-refractivity contribution is -0.143. The monoisotopic (exact) mass is 308 g/mol. The number of amides is 2. The van der Waals surface area contributed by atoms with Crippen LogP contribution in [0.25, 0.3) is 0 Å². The summed E-state index contributed by atoms with van der Waals surface area (Å²) in [5.41, 5.74) is 1.35. The molecule has 1 aliphatic rings. The highest BCUT2D eigenvalue weighted by Crippen LogP contribution is 2.19. The maximum atomic E-state index is 13.3. The van der Waals surface area contributed by atoms with Gasteiger partial charge < -0.3 is 15.3 Å². The molecule has 5 nitrogen and oxygen atoms in total. The van der Waals surface area contributed by atoms with Crippen molar-refractivity contribution >= 4 is 12.0 Å². The van der Waals surface area contributed by atoms with Crippen LogP contribution in [0, 0.1) is 18.7 Å². The lowest BCUT2D eigenvalue weighted by Gasteiger charge is -2.31. The zero-order chi connectivity index (χ0) is 16.3. The van der Waals surface area contributed by atoms with Crippen molar-refractivity contribution in [3.05, 3.63) is 35.1 Å². The molecule has 2 amide bonds. The molecule has 6 heteroatoms. The fourth-order valence-corrected chi connectivity index (χ4v) is 2.66. The Labute approximate surface area is 129 Å². The van der Waals surface area contributed by atoms with Crippen LogP contribution in [0.5, 0.6) is 0 Å². The van der Waals surface area contributed by atoms with Crippen LogP contribution in [0.2, 0.25) is 0 Å². The van der Waals surface area contributed by atoms with E-state index in [0.717, 1.165) is 5.56 Å². The molecule has 0 saturated carbocycles. The number of benzene rings is 1. The topological polar surface area (TPSA) is 69.6 Å². The van der Waals surface area contributed by atoms with Crippen LogP contribution in [0.4, 0.5) is 9.18 Å². The minimum absolute atomic E-state index is 0.232. The lowest BCUT2D eigenvalue weighted by atomic mass is 9.98. The number of nitrogens with one attached hydrogen (secondary N) is 1. The third-order valence-electron chi connectivity index (χ3n) is 4.08. The van der Waals surface area contributed by atoms with Gasteiger partial charge in [-0.1, -0.05) is 12.1 Å². The number of urea groups is 1. The van der Waals surface area contributed by atoms with E-state index >= 15 is 0 Å². The second-order valence-corrected chi connectivity index (χ2v) is 5.80. The second kappa shape index (κ2) is 6.77. The molecule has 1 saturated heterocycles. The molecule has 1 fully saturated rings. The Kier molecular flexibility index (Phi) is 5.00. The van der Waals surface area contributed by atoms with Crippen molar-refractivity contribution in [2.24, 2.45) is 5.92 Å². The first-order valence-electron chi connectivity index (χ1n) is 7.42. The van der Waals surface area contributed by atoms with Crippen molar-refractivity contribution in [1.82, 2.24) is 10.2 Å². The third kappa shape index (κ3) is 3.75. The zero-order valence-corrected chi connectivity index (χ0v) is 12.8. The van der Waals surface area contributed by atoms with Crippen LogP contribution in [0.1, 0.15) is 36.9 Å². The lowest BCUT2D eigenvalue weighted by Crippen LogP contribution is -2.47. The van der Waals surface area contributed by atoms with Crippen LogP contribution >= 0.6 is 0 Å². The molecule has 1 unspecified atom stereocenters. The molecule has 0 aliphatic carbocycles. The predicted octanol–water partition coefficient (Wildman–Crippen LogP) is 2.70. The minimum Gasteiger partial charge on any atom is -0.481 e. The van der Waals surface area contributed by atoms with Crippen molar-refractivity contribution in [3.8, 4) is 0 Å². The summed E-state index contributed by atoms with van der Waals surface area (Å²) in [7, 11) is 0. The largest absolute Gasteiger partial charge is 0.481 e. The van der Waals surface area contributed by atoms with E-state index in [1.54, 1.807) is 19.1 Å². The van der Waals surface area contributed by atoms with Crippen LogP contribution in [0.15, 0.2) is 18.2 Å². The molecular formula is C16H21FN2O3. The fraction of sp³-hybridized carbons (Fsp3) is 0.500. The molecule has 0 radical (unpaired) electrons. The first-order chi connectivity index (χ1) is 10.4. The van der Waals surface area contributed by atoms with Gasteiger partial charge in [0.15, 0.2) is 0 Å². The fourth-order valence-electron chi connectivity index (χ4n) is 2.66. The second-order valence-electron chi connectivity index (χ2n) is 5.80. The summed E-state index contributed by atoms with van der Waals surface area (Å²) in [5.74, 6) is -1.63. The van der Waals surface area contributed by atoms with Gasteiger partial charge in [0.2, 0.25) is 0 Å². The van der Waals surface area contributed by atoms with Crippen LogP contribution in [-0.4, -0.2) is 35.1 Å². The average Bonchev–Trinajstić information content (AvgIpc) is 2.50. The van der Waals surface area contributed by atoms with Crippen molar-refractivity contribution in [1.29, 1.82) is 0 Å². The van der Waals surface area contributed by atoms with Gasteiger partial charge in [-0.25, -0.2) is 9.18 Å². The average molecular weight is 308 g/mol. The van der Waals surface area contributed by atoms with E-state index in [2.05, 4.69) is 5.32 Å². The van der Waals surface area contributed by atoms with Gasteiger partial charge in [-0.05, 0) is 43.9 Å². The summed E-state index contributed by atoms with van der Waals surface area (Å²) in [6.45, 7) is 4.29. The number of carboxylic acids is 1. The van der Waals surface area contributed by atoms with Crippen LogP contribution < -0.4 is 5.32 Å². The molecule has 1 heterocycles. The number of aryl methyl sites for hydroxylation is 1. The number of hydrogen-bond acceptors (Lipinski definition) is 2. The van der Waals surface area contributed by atoms with Gasteiger partial charge in [-0.2, -0.15) is 0 Å². The number of aliphatic carboxylic acids is 1. The van der Waals surface area contributed by atoms with Gasteiger partial charge in [-0.15, -0.1) is 0 Å². The Bertz CT molecular complexity index is 577. The van der Waals surface area contributed by atoms with Crippen LogP contribution in [-0.2, 0) is 4.79 Å². The molecular weight excluding hydrogens is 287 g/mol. The Balaban J connectivity index is 1.98. The van der Waals surface area contributed by atoms with Crippen molar-refractivity contribution < 1.29 is 19.1 Å². The number of carbonyl (C=O) groups excluding carboxylic acids is 1. The van der Waals surface area contributed by atoms with Crippen molar-refractivity contribution in [3.63, 3.8) is 0 Å². The molecule has 1 aromatic rings. The van der Waals surface area contributed by atoms with E-state index in [4.69, 9.17) is 5.11 Å². The molecule has 1 aromatic carbocycles. The van der Waals surface area contributed by atoms with Gasteiger partial charge in [0.05, 0.1) is 12.0 Å². The molecule has 2 atom stereocenters. The van der Waals surface area contributed by atoms with Crippen LogP contribution in [0.3, 0.4) is 0 Å². The predicted molar refractivity (Wildman–Crippen MR) is 80.0 cm³/mol. The molecule has 120 valence electrons.